The molecule has 0 aromatic heterocycles. The van der Waals surface area contributed by atoms with Gasteiger partial charge in [0.25, 0.3) is 0 Å². The lowest BCUT2D eigenvalue weighted by atomic mass is 9.98. The molecule has 0 heterocycles. The minimum atomic E-state index is -0.517. The Kier molecular flexibility index (Phi) is 4.77. The first-order valence-corrected chi connectivity index (χ1v) is 5.69. The Morgan fingerprint density at radius 3 is 2.56 bits per heavy atom. The zero-order chi connectivity index (χ0) is 12.1. The van der Waals surface area contributed by atoms with Crippen molar-refractivity contribution in [3.05, 3.63) is 29.3 Å². The van der Waals surface area contributed by atoms with E-state index in [9.17, 15) is 10.2 Å². The molecule has 0 fully saturated rings. The summed E-state index contributed by atoms with van der Waals surface area (Å²) in [6.07, 6.45) is 0.308. The molecule has 0 saturated heterocycles. The van der Waals surface area contributed by atoms with Crippen molar-refractivity contribution in [2.45, 2.75) is 26.4 Å². The van der Waals surface area contributed by atoms with Crippen LogP contribution >= 0.6 is 0 Å². The van der Waals surface area contributed by atoms with Gasteiger partial charge in [-0.15, -0.1) is 0 Å². The highest BCUT2D eigenvalue weighted by molar-refractivity contribution is 5.37. The third kappa shape index (κ3) is 3.51. The second kappa shape index (κ2) is 5.87. The molecular formula is C13H21NO2. The van der Waals surface area contributed by atoms with E-state index in [2.05, 4.69) is 19.2 Å². The Labute approximate surface area is 97.1 Å². The molecule has 0 saturated carbocycles. The Bertz CT molecular complexity index is 337. The topological polar surface area (TPSA) is 52.5 Å². The number of aliphatic hydroxyl groups excluding tert-OH is 1. The fraction of sp³-hybridized carbons (Fsp3) is 0.538. The summed E-state index contributed by atoms with van der Waals surface area (Å²) in [5, 5.41) is 22.5. The van der Waals surface area contributed by atoms with Crippen molar-refractivity contribution in [3.8, 4) is 5.75 Å². The van der Waals surface area contributed by atoms with Crippen molar-refractivity contribution >= 4 is 0 Å². The Morgan fingerprint density at radius 2 is 2.00 bits per heavy atom. The average molecular weight is 223 g/mol. The number of rotatable bonds is 5. The van der Waals surface area contributed by atoms with E-state index in [1.807, 2.05) is 6.07 Å². The molecule has 0 aliphatic carbocycles. The van der Waals surface area contributed by atoms with Crippen LogP contribution in [-0.4, -0.2) is 23.8 Å². The quantitative estimate of drug-likeness (QED) is 0.714. The summed E-state index contributed by atoms with van der Waals surface area (Å²) in [5.41, 5.74) is 1.76. The SMILES string of the molecule is CNC[C@H](O)c1ccc(O)c(CC(C)C)c1. The van der Waals surface area contributed by atoms with Crippen molar-refractivity contribution in [2.75, 3.05) is 13.6 Å². The smallest absolute Gasteiger partial charge is 0.118 e. The van der Waals surface area contributed by atoms with Crippen molar-refractivity contribution in [2.24, 2.45) is 5.92 Å². The summed E-state index contributed by atoms with van der Waals surface area (Å²) in [7, 11) is 1.80. The maximum Gasteiger partial charge on any atom is 0.118 e. The Hall–Kier alpha value is -1.06. The zero-order valence-electron chi connectivity index (χ0n) is 10.2. The predicted octanol–water partition coefficient (Wildman–Crippen LogP) is 1.84. The molecule has 0 amide bonds. The van der Waals surface area contributed by atoms with Crippen LogP contribution in [0.15, 0.2) is 18.2 Å². The number of hydrogen-bond donors (Lipinski definition) is 3. The van der Waals surface area contributed by atoms with E-state index in [4.69, 9.17) is 0 Å². The minimum Gasteiger partial charge on any atom is -0.508 e. The molecule has 0 bridgehead atoms. The van der Waals surface area contributed by atoms with Crippen LogP contribution in [0, 0.1) is 5.92 Å². The Morgan fingerprint density at radius 1 is 1.31 bits per heavy atom. The van der Waals surface area contributed by atoms with Gasteiger partial charge >= 0.3 is 0 Å². The molecule has 0 unspecified atom stereocenters. The molecule has 3 nitrogen and oxygen atoms in total. The zero-order valence-corrected chi connectivity index (χ0v) is 10.2. The van der Waals surface area contributed by atoms with Gasteiger partial charge < -0.3 is 15.5 Å². The van der Waals surface area contributed by atoms with Gasteiger partial charge in [-0.25, -0.2) is 0 Å². The van der Waals surface area contributed by atoms with Crippen LogP contribution in [0.3, 0.4) is 0 Å². The normalized spacial score (nSPS) is 13.1. The predicted molar refractivity (Wildman–Crippen MR) is 65.5 cm³/mol. The third-order valence-electron chi connectivity index (χ3n) is 2.51. The van der Waals surface area contributed by atoms with Crippen LogP contribution in [0.4, 0.5) is 0 Å². The summed E-state index contributed by atoms with van der Waals surface area (Å²) in [5.74, 6) is 0.803. The lowest BCUT2D eigenvalue weighted by Gasteiger charge is -2.14. The minimum absolute atomic E-state index is 0.314. The second-order valence-corrected chi connectivity index (χ2v) is 4.56. The molecular weight excluding hydrogens is 202 g/mol. The molecule has 1 rings (SSSR count). The maximum absolute atomic E-state index is 9.83. The highest BCUT2D eigenvalue weighted by atomic mass is 16.3. The first-order chi connectivity index (χ1) is 7.54. The molecule has 0 radical (unpaired) electrons. The molecule has 1 aromatic rings. The van der Waals surface area contributed by atoms with E-state index in [1.165, 1.54) is 0 Å². The number of nitrogens with one attached hydrogen (secondary N) is 1. The van der Waals surface area contributed by atoms with Crippen LogP contribution in [0.5, 0.6) is 5.75 Å². The lowest BCUT2D eigenvalue weighted by molar-refractivity contribution is 0.177. The standard InChI is InChI=1S/C13H21NO2/c1-9(2)6-11-7-10(4-5-12(11)15)13(16)8-14-3/h4-5,7,9,13-16H,6,8H2,1-3H3/t13-/m0/s1. The van der Waals surface area contributed by atoms with Crippen molar-refractivity contribution in [3.63, 3.8) is 0 Å². The highest BCUT2D eigenvalue weighted by Gasteiger charge is 2.10. The van der Waals surface area contributed by atoms with Gasteiger partial charge in [0.1, 0.15) is 5.75 Å². The first kappa shape index (κ1) is 13.0. The number of hydrogen-bond acceptors (Lipinski definition) is 3. The van der Waals surface area contributed by atoms with Crippen molar-refractivity contribution in [1.29, 1.82) is 0 Å². The van der Waals surface area contributed by atoms with Gasteiger partial charge in [-0.05, 0) is 42.6 Å². The molecule has 90 valence electrons. The number of phenolic OH excluding ortho intramolecular Hbond substituents is 1. The molecule has 0 spiro atoms. The van der Waals surface area contributed by atoms with E-state index in [1.54, 1.807) is 19.2 Å². The molecule has 1 atom stereocenters. The summed E-state index contributed by atoms with van der Waals surface area (Å²) in [6.45, 7) is 4.73. The van der Waals surface area contributed by atoms with Crippen LogP contribution in [0.2, 0.25) is 0 Å². The van der Waals surface area contributed by atoms with E-state index in [0.29, 0.717) is 18.2 Å². The van der Waals surface area contributed by atoms with Crippen molar-refractivity contribution < 1.29 is 10.2 Å². The average Bonchev–Trinajstić information content (AvgIpc) is 2.21. The van der Waals surface area contributed by atoms with Gasteiger partial charge in [-0.2, -0.15) is 0 Å². The summed E-state index contributed by atoms with van der Waals surface area (Å²) >= 11 is 0. The highest BCUT2D eigenvalue weighted by Crippen LogP contribution is 2.24. The number of likely N-dealkylation sites (N-methyl/N-ethyl adjacent to an activating group) is 1. The van der Waals surface area contributed by atoms with Gasteiger partial charge in [-0.1, -0.05) is 19.9 Å². The van der Waals surface area contributed by atoms with Crippen molar-refractivity contribution in [1.82, 2.24) is 5.32 Å². The van der Waals surface area contributed by atoms with Crippen LogP contribution in [-0.2, 0) is 6.42 Å². The first-order valence-electron chi connectivity index (χ1n) is 5.69. The van der Waals surface area contributed by atoms with Crippen LogP contribution < -0.4 is 5.32 Å². The number of aromatic hydroxyl groups is 1. The van der Waals surface area contributed by atoms with Gasteiger partial charge in [0.15, 0.2) is 0 Å². The van der Waals surface area contributed by atoms with E-state index < -0.39 is 6.10 Å². The molecule has 0 aliphatic heterocycles. The summed E-state index contributed by atoms with van der Waals surface area (Å²) in [6, 6.07) is 5.31. The van der Waals surface area contributed by atoms with E-state index in [0.717, 1.165) is 17.5 Å². The van der Waals surface area contributed by atoms with Gasteiger partial charge in [0.2, 0.25) is 0 Å². The number of aliphatic hydroxyl groups is 1. The maximum atomic E-state index is 9.83. The largest absolute Gasteiger partial charge is 0.508 e. The monoisotopic (exact) mass is 223 g/mol. The Balaban J connectivity index is 2.88. The van der Waals surface area contributed by atoms with Gasteiger partial charge in [0, 0.05) is 6.54 Å². The second-order valence-electron chi connectivity index (χ2n) is 4.56. The van der Waals surface area contributed by atoms with Gasteiger partial charge in [0.05, 0.1) is 6.10 Å². The summed E-state index contributed by atoms with van der Waals surface area (Å²) in [4.78, 5) is 0. The lowest BCUT2D eigenvalue weighted by Crippen LogP contribution is -2.16. The van der Waals surface area contributed by atoms with Crippen LogP contribution in [0.1, 0.15) is 31.1 Å². The third-order valence-corrected chi connectivity index (χ3v) is 2.51. The fourth-order valence-corrected chi connectivity index (χ4v) is 1.73. The molecule has 3 N–H and O–H groups in total. The number of phenols is 1. The summed E-state index contributed by atoms with van der Waals surface area (Å²) < 4.78 is 0. The fourth-order valence-electron chi connectivity index (χ4n) is 1.73. The molecule has 1 aromatic carbocycles. The van der Waals surface area contributed by atoms with Crippen LogP contribution in [0.25, 0.3) is 0 Å². The van der Waals surface area contributed by atoms with E-state index in [-0.39, 0.29) is 0 Å². The molecule has 16 heavy (non-hydrogen) atoms. The van der Waals surface area contributed by atoms with Gasteiger partial charge in [-0.3, -0.25) is 0 Å². The molecule has 0 aliphatic rings. The number of benzene rings is 1. The van der Waals surface area contributed by atoms with E-state index >= 15 is 0 Å². The molecule has 3 heteroatoms.